The van der Waals surface area contributed by atoms with Crippen LogP contribution in [-0.2, 0) is 4.79 Å². The lowest BCUT2D eigenvalue weighted by atomic mass is 9.95. The molecule has 6 nitrogen and oxygen atoms in total. The second kappa shape index (κ2) is 6.03. The van der Waals surface area contributed by atoms with Crippen LogP contribution in [0.25, 0.3) is 0 Å². The number of nitrogens with one attached hydrogen (secondary N) is 1. The normalized spacial score (nSPS) is 15.9. The monoisotopic (exact) mass is 293 g/mol. The van der Waals surface area contributed by atoms with Crippen LogP contribution in [0.4, 0.5) is 0 Å². The van der Waals surface area contributed by atoms with E-state index in [1.165, 1.54) is 6.92 Å². The van der Waals surface area contributed by atoms with Gasteiger partial charge in [-0.25, -0.2) is 4.79 Å². The van der Waals surface area contributed by atoms with Gasteiger partial charge in [-0.15, -0.1) is 0 Å². The van der Waals surface area contributed by atoms with Crippen LogP contribution in [-0.4, -0.2) is 35.7 Å². The van der Waals surface area contributed by atoms with Crippen molar-refractivity contribution in [3.8, 4) is 11.5 Å². The van der Waals surface area contributed by atoms with Gasteiger partial charge in [0.2, 0.25) is 0 Å². The van der Waals surface area contributed by atoms with Crippen LogP contribution >= 0.6 is 0 Å². The fraction of sp³-hybridized carbons (Fsp3) is 0.467. The molecule has 0 saturated carbocycles. The molecule has 1 aromatic carbocycles. The number of carbonyl (C=O) groups excluding carboxylic acids is 1. The maximum Gasteiger partial charge on any atom is 0.329 e. The molecule has 114 valence electrons. The zero-order valence-electron chi connectivity index (χ0n) is 12.1. The summed E-state index contributed by atoms with van der Waals surface area (Å²) in [7, 11) is 0. The van der Waals surface area contributed by atoms with Gasteiger partial charge in [0, 0.05) is 0 Å². The minimum Gasteiger partial charge on any atom is -0.486 e. The van der Waals surface area contributed by atoms with Crippen molar-refractivity contribution in [2.45, 2.75) is 32.2 Å². The number of ether oxygens (including phenoxy) is 2. The predicted molar refractivity (Wildman–Crippen MR) is 75.8 cm³/mol. The van der Waals surface area contributed by atoms with Crippen LogP contribution in [0.2, 0.25) is 0 Å². The first-order valence-electron chi connectivity index (χ1n) is 6.92. The molecule has 0 fully saturated rings. The average molecular weight is 293 g/mol. The highest BCUT2D eigenvalue weighted by atomic mass is 16.6. The Morgan fingerprint density at radius 1 is 1.33 bits per heavy atom. The van der Waals surface area contributed by atoms with Crippen molar-refractivity contribution in [2.24, 2.45) is 0 Å². The molecule has 0 aromatic heterocycles. The molecule has 1 aliphatic rings. The lowest BCUT2D eigenvalue weighted by Gasteiger charge is -2.27. The molecule has 1 heterocycles. The summed E-state index contributed by atoms with van der Waals surface area (Å²) in [5, 5.41) is 11.9. The number of amides is 1. The van der Waals surface area contributed by atoms with Crippen LogP contribution < -0.4 is 14.8 Å². The van der Waals surface area contributed by atoms with Crippen LogP contribution in [0.15, 0.2) is 18.2 Å². The van der Waals surface area contributed by atoms with Crippen molar-refractivity contribution in [1.29, 1.82) is 0 Å². The summed E-state index contributed by atoms with van der Waals surface area (Å²) < 4.78 is 10.9. The number of benzene rings is 1. The third-order valence-corrected chi connectivity index (χ3v) is 3.42. The molecule has 1 aromatic rings. The second-order valence-corrected chi connectivity index (χ2v) is 5.17. The quantitative estimate of drug-likeness (QED) is 0.865. The highest BCUT2D eigenvalue weighted by Gasteiger charge is 2.35. The number of carboxylic acid groups (broad SMARTS) is 1. The highest BCUT2D eigenvalue weighted by molar-refractivity contribution is 6.00. The first-order chi connectivity index (χ1) is 9.98. The molecule has 21 heavy (non-hydrogen) atoms. The Kier molecular flexibility index (Phi) is 4.35. The van der Waals surface area contributed by atoms with Gasteiger partial charge in [0.25, 0.3) is 5.91 Å². The standard InChI is InChI=1S/C15H19NO5/c1-3-7-15(2,14(18)19)16-13(17)10-5-4-6-11-12(10)21-9-8-20-11/h4-6H,3,7-9H2,1-2H3,(H,16,17)(H,18,19). The van der Waals surface area contributed by atoms with E-state index < -0.39 is 17.4 Å². The predicted octanol–water partition coefficient (Wildman–Crippen LogP) is 1.83. The summed E-state index contributed by atoms with van der Waals surface area (Å²) in [5.41, 5.74) is -1.01. The maximum absolute atomic E-state index is 12.4. The summed E-state index contributed by atoms with van der Waals surface area (Å²) in [5.74, 6) is -0.665. The van der Waals surface area contributed by atoms with Gasteiger partial charge in [-0.1, -0.05) is 19.4 Å². The van der Waals surface area contributed by atoms with Gasteiger partial charge in [0.15, 0.2) is 11.5 Å². The molecule has 0 radical (unpaired) electrons. The number of carboxylic acids is 1. The molecule has 0 bridgehead atoms. The van der Waals surface area contributed by atoms with E-state index >= 15 is 0 Å². The average Bonchev–Trinajstić information content (AvgIpc) is 2.46. The Hall–Kier alpha value is -2.24. The number of aliphatic carboxylic acids is 1. The van der Waals surface area contributed by atoms with E-state index in [2.05, 4.69) is 5.32 Å². The molecule has 0 spiro atoms. The third-order valence-electron chi connectivity index (χ3n) is 3.42. The lowest BCUT2D eigenvalue weighted by Crippen LogP contribution is -2.52. The number of fused-ring (bicyclic) bond motifs is 1. The molecule has 2 rings (SSSR count). The smallest absolute Gasteiger partial charge is 0.329 e. The zero-order chi connectivity index (χ0) is 15.5. The van der Waals surface area contributed by atoms with Gasteiger partial charge in [0.05, 0.1) is 5.56 Å². The van der Waals surface area contributed by atoms with Crippen molar-refractivity contribution >= 4 is 11.9 Å². The van der Waals surface area contributed by atoms with E-state index in [9.17, 15) is 14.7 Å². The Balaban J connectivity index is 2.26. The van der Waals surface area contributed by atoms with E-state index in [0.717, 1.165) is 0 Å². The first-order valence-corrected chi connectivity index (χ1v) is 6.92. The van der Waals surface area contributed by atoms with E-state index in [-0.39, 0.29) is 5.56 Å². The molecular formula is C15H19NO5. The molecule has 1 atom stereocenters. The third kappa shape index (κ3) is 3.09. The molecule has 1 aliphatic heterocycles. The van der Waals surface area contributed by atoms with Gasteiger partial charge in [-0.2, -0.15) is 0 Å². The van der Waals surface area contributed by atoms with Gasteiger partial charge < -0.3 is 19.9 Å². The lowest BCUT2D eigenvalue weighted by molar-refractivity contribution is -0.144. The van der Waals surface area contributed by atoms with Crippen LogP contribution in [0.3, 0.4) is 0 Å². The second-order valence-electron chi connectivity index (χ2n) is 5.17. The molecule has 0 aliphatic carbocycles. The summed E-state index contributed by atoms with van der Waals surface area (Å²) in [6.07, 6.45) is 0.996. The van der Waals surface area contributed by atoms with Crippen molar-refractivity contribution in [1.82, 2.24) is 5.32 Å². The molecular weight excluding hydrogens is 274 g/mol. The van der Waals surface area contributed by atoms with Crippen molar-refractivity contribution < 1.29 is 24.2 Å². The van der Waals surface area contributed by atoms with E-state index in [4.69, 9.17) is 9.47 Å². The fourth-order valence-corrected chi connectivity index (χ4v) is 2.29. The molecule has 6 heteroatoms. The number of carbonyl (C=O) groups is 2. The van der Waals surface area contributed by atoms with Crippen LogP contribution in [0.5, 0.6) is 11.5 Å². The topological polar surface area (TPSA) is 84.9 Å². The zero-order valence-corrected chi connectivity index (χ0v) is 12.1. The number of hydrogen-bond acceptors (Lipinski definition) is 4. The van der Waals surface area contributed by atoms with Gasteiger partial charge >= 0.3 is 5.97 Å². The van der Waals surface area contributed by atoms with E-state index in [1.54, 1.807) is 18.2 Å². The van der Waals surface area contributed by atoms with Gasteiger partial charge in [-0.05, 0) is 25.5 Å². The molecule has 1 unspecified atom stereocenters. The van der Waals surface area contributed by atoms with E-state index in [1.807, 2.05) is 6.92 Å². The maximum atomic E-state index is 12.4. The van der Waals surface area contributed by atoms with Gasteiger partial charge in [-0.3, -0.25) is 4.79 Å². The molecule has 2 N–H and O–H groups in total. The Morgan fingerprint density at radius 3 is 2.71 bits per heavy atom. The van der Waals surface area contributed by atoms with Crippen molar-refractivity contribution in [2.75, 3.05) is 13.2 Å². The van der Waals surface area contributed by atoms with Crippen molar-refractivity contribution in [3.05, 3.63) is 23.8 Å². The molecule has 0 saturated heterocycles. The minimum absolute atomic E-state index is 0.288. The van der Waals surface area contributed by atoms with Crippen LogP contribution in [0.1, 0.15) is 37.0 Å². The first kappa shape index (κ1) is 15.2. The number of rotatable bonds is 5. The largest absolute Gasteiger partial charge is 0.486 e. The summed E-state index contributed by atoms with van der Waals surface area (Å²) >= 11 is 0. The molecule has 1 amide bonds. The number of para-hydroxylation sites is 1. The van der Waals surface area contributed by atoms with Crippen molar-refractivity contribution in [3.63, 3.8) is 0 Å². The van der Waals surface area contributed by atoms with Gasteiger partial charge in [0.1, 0.15) is 18.8 Å². The fourth-order valence-electron chi connectivity index (χ4n) is 2.29. The highest BCUT2D eigenvalue weighted by Crippen LogP contribution is 2.33. The Labute approximate surface area is 123 Å². The Bertz CT molecular complexity index is 557. The minimum atomic E-state index is -1.30. The summed E-state index contributed by atoms with van der Waals surface area (Å²) in [6.45, 7) is 4.17. The van der Waals surface area contributed by atoms with Crippen LogP contribution in [0, 0.1) is 0 Å². The number of hydrogen-bond donors (Lipinski definition) is 2. The summed E-state index contributed by atoms with van der Waals surface area (Å²) in [6, 6.07) is 4.99. The SMILES string of the molecule is CCCC(C)(NC(=O)c1cccc2c1OCCO2)C(=O)O. The Morgan fingerprint density at radius 2 is 2.05 bits per heavy atom. The van der Waals surface area contributed by atoms with E-state index in [0.29, 0.717) is 37.6 Å². The summed E-state index contributed by atoms with van der Waals surface area (Å²) in [4.78, 5) is 23.8.